The molecule has 2 saturated heterocycles. The molecule has 0 aromatic heterocycles. The molecule has 0 aliphatic carbocycles. The second-order valence-corrected chi connectivity index (χ2v) is 2.89. The van der Waals surface area contributed by atoms with Crippen LogP contribution in [0.25, 0.3) is 0 Å². The number of aliphatic hydroxyl groups is 1. The monoisotopic (exact) mass is 174 g/mol. The van der Waals surface area contributed by atoms with Crippen molar-refractivity contribution in [3.63, 3.8) is 0 Å². The van der Waals surface area contributed by atoms with Gasteiger partial charge in [0.25, 0.3) is 0 Å². The molecule has 5 heteroatoms. The second-order valence-electron chi connectivity index (χ2n) is 2.89. The van der Waals surface area contributed by atoms with E-state index in [-0.39, 0.29) is 6.10 Å². The zero-order chi connectivity index (χ0) is 8.55. The van der Waals surface area contributed by atoms with Crippen molar-refractivity contribution >= 4 is 6.16 Å². The van der Waals surface area contributed by atoms with Gasteiger partial charge in [-0.2, -0.15) is 0 Å². The predicted molar refractivity (Wildman–Crippen MR) is 36.3 cm³/mol. The van der Waals surface area contributed by atoms with E-state index in [1.54, 1.807) is 0 Å². The molecule has 1 unspecified atom stereocenters. The predicted octanol–water partition coefficient (Wildman–Crippen LogP) is 0.0192. The first kappa shape index (κ1) is 7.82. The Labute approximate surface area is 69.2 Å². The highest BCUT2D eigenvalue weighted by atomic mass is 16.8. The molecule has 0 amide bonds. The van der Waals surface area contributed by atoms with Crippen molar-refractivity contribution in [2.75, 3.05) is 6.61 Å². The third-order valence-electron chi connectivity index (χ3n) is 2.05. The van der Waals surface area contributed by atoms with E-state index in [4.69, 9.17) is 14.2 Å². The van der Waals surface area contributed by atoms with Crippen LogP contribution in [0.15, 0.2) is 0 Å². The number of carbonyl (C=O) groups is 1. The first-order valence-electron chi connectivity index (χ1n) is 3.94. The summed E-state index contributed by atoms with van der Waals surface area (Å²) in [7, 11) is 0. The van der Waals surface area contributed by atoms with E-state index in [1.807, 2.05) is 0 Å². The molecule has 12 heavy (non-hydrogen) atoms. The molecule has 0 saturated carbocycles. The van der Waals surface area contributed by atoms with E-state index in [9.17, 15) is 9.90 Å². The van der Waals surface area contributed by atoms with Crippen LogP contribution in [-0.4, -0.2) is 36.4 Å². The normalized spacial score (nSPS) is 41.1. The molecular formula is C7H10O5. The van der Waals surface area contributed by atoms with Gasteiger partial charge in [-0.1, -0.05) is 0 Å². The molecule has 0 aromatic carbocycles. The van der Waals surface area contributed by atoms with Crippen LogP contribution in [0.2, 0.25) is 0 Å². The molecular weight excluding hydrogens is 164 g/mol. The topological polar surface area (TPSA) is 65.0 Å². The molecule has 2 aliphatic rings. The van der Waals surface area contributed by atoms with Crippen molar-refractivity contribution < 1.29 is 24.1 Å². The van der Waals surface area contributed by atoms with E-state index in [1.165, 1.54) is 0 Å². The minimum absolute atomic E-state index is 0.338. The molecule has 68 valence electrons. The Morgan fingerprint density at radius 3 is 3.08 bits per heavy atom. The first-order valence-corrected chi connectivity index (χ1v) is 3.94. The van der Waals surface area contributed by atoms with Crippen molar-refractivity contribution in [1.82, 2.24) is 0 Å². The Kier molecular flexibility index (Phi) is 1.90. The minimum Gasteiger partial charge on any atom is -0.427 e. The molecule has 2 heterocycles. The number of carbonyl (C=O) groups excluding carboxylic acids is 1. The summed E-state index contributed by atoms with van der Waals surface area (Å²) < 4.78 is 14.5. The standard InChI is InChI=1S/C7H10O5/c8-6-5-4(2-1-3-10-6)11-7(9)12-5/h4-6,8H,1-3H2/t4-,5?,6+/m0/s1. The Morgan fingerprint density at radius 2 is 2.25 bits per heavy atom. The lowest BCUT2D eigenvalue weighted by Crippen LogP contribution is -2.34. The van der Waals surface area contributed by atoms with E-state index in [0.717, 1.165) is 6.42 Å². The zero-order valence-corrected chi connectivity index (χ0v) is 6.43. The molecule has 2 fully saturated rings. The van der Waals surface area contributed by atoms with E-state index in [0.29, 0.717) is 13.0 Å². The quantitative estimate of drug-likeness (QED) is 0.524. The Bertz CT molecular complexity index is 192. The van der Waals surface area contributed by atoms with Gasteiger partial charge in [-0.15, -0.1) is 0 Å². The van der Waals surface area contributed by atoms with Crippen molar-refractivity contribution in [3.05, 3.63) is 0 Å². The van der Waals surface area contributed by atoms with Crippen LogP contribution in [0, 0.1) is 0 Å². The smallest absolute Gasteiger partial charge is 0.427 e. The third-order valence-corrected chi connectivity index (χ3v) is 2.05. The fourth-order valence-electron chi connectivity index (χ4n) is 1.45. The lowest BCUT2D eigenvalue weighted by molar-refractivity contribution is -0.150. The lowest BCUT2D eigenvalue weighted by Gasteiger charge is -2.15. The van der Waals surface area contributed by atoms with Crippen molar-refractivity contribution in [2.45, 2.75) is 31.3 Å². The van der Waals surface area contributed by atoms with Crippen LogP contribution in [0.3, 0.4) is 0 Å². The molecule has 3 atom stereocenters. The number of ether oxygens (including phenoxy) is 3. The average molecular weight is 174 g/mol. The summed E-state index contributed by atoms with van der Waals surface area (Å²) in [5.74, 6) is 0. The SMILES string of the molecule is O=C1OC2[C@H](O)OCCC[C@@H]2O1. The molecule has 2 aliphatic heterocycles. The van der Waals surface area contributed by atoms with Crippen LogP contribution in [0.5, 0.6) is 0 Å². The number of hydrogen-bond donors (Lipinski definition) is 1. The highest BCUT2D eigenvalue weighted by molar-refractivity contribution is 5.62. The van der Waals surface area contributed by atoms with E-state index >= 15 is 0 Å². The second kappa shape index (κ2) is 2.91. The van der Waals surface area contributed by atoms with Gasteiger partial charge in [0.1, 0.15) is 6.10 Å². The molecule has 0 bridgehead atoms. The Hall–Kier alpha value is -0.810. The summed E-state index contributed by atoms with van der Waals surface area (Å²) in [6.45, 7) is 0.481. The lowest BCUT2D eigenvalue weighted by atomic mass is 10.1. The maximum absolute atomic E-state index is 10.7. The molecule has 5 nitrogen and oxygen atoms in total. The highest BCUT2D eigenvalue weighted by Gasteiger charge is 2.43. The maximum atomic E-state index is 10.7. The van der Waals surface area contributed by atoms with Crippen LogP contribution < -0.4 is 0 Å². The van der Waals surface area contributed by atoms with Crippen LogP contribution in [0.1, 0.15) is 12.8 Å². The summed E-state index contributed by atoms with van der Waals surface area (Å²) in [4.78, 5) is 10.7. The van der Waals surface area contributed by atoms with Gasteiger partial charge in [-0.05, 0) is 12.8 Å². The van der Waals surface area contributed by atoms with Gasteiger partial charge < -0.3 is 19.3 Å². The van der Waals surface area contributed by atoms with Crippen LogP contribution in [-0.2, 0) is 14.2 Å². The van der Waals surface area contributed by atoms with E-state index < -0.39 is 18.5 Å². The Morgan fingerprint density at radius 1 is 1.42 bits per heavy atom. The van der Waals surface area contributed by atoms with Gasteiger partial charge in [0.2, 0.25) is 0 Å². The van der Waals surface area contributed by atoms with Crippen molar-refractivity contribution in [3.8, 4) is 0 Å². The van der Waals surface area contributed by atoms with Gasteiger partial charge in [0, 0.05) is 0 Å². The van der Waals surface area contributed by atoms with Crippen LogP contribution >= 0.6 is 0 Å². The Balaban J connectivity index is 2.09. The van der Waals surface area contributed by atoms with Gasteiger partial charge >= 0.3 is 6.16 Å². The van der Waals surface area contributed by atoms with E-state index in [2.05, 4.69) is 0 Å². The average Bonchev–Trinajstić information content (AvgIpc) is 2.33. The van der Waals surface area contributed by atoms with Gasteiger partial charge in [-0.3, -0.25) is 0 Å². The summed E-state index contributed by atoms with van der Waals surface area (Å²) >= 11 is 0. The van der Waals surface area contributed by atoms with Crippen molar-refractivity contribution in [2.24, 2.45) is 0 Å². The molecule has 1 N–H and O–H groups in total. The largest absolute Gasteiger partial charge is 0.509 e. The number of hydrogen-bond acceptors (Lipinski definition) is 5. The molecule has 0 spiro atoms. The molecule has 2 rings (SSSR count). The summed E-state index contributed by atoms with van der Waals surface area (Å²) in [5.41, 5.74) is 0. The summed E-state index contributed by atoms with van der Waals surface area (Å²) in [6.07, 6.45) is -1.27. The van der Waals surface area contributed by atoms with Crippen molar-refractivity contribution in [1.29, 1.82) is 0 Å². The molecule has 0 radical (unpaired) electrons. The van der Waals surface area contributed by atoms with Gasteiger partial charge in [0.05, 0.1) is 6.61 Å². The molecule has 0 aromatic rings. The summed E-state index contributed by atoms with van der Waals surface area (Å²) in [6, 6.07) is 0. The fraction of sp³-hybridized carbons (Fsp3) is 0.857. The number of fused-ring (bicyclic) bond motifs is 1. The minimum atomic E-state index is -1.04. The highest BCUT2D eigenvalue weighted by Crippen LogP contribution is 2.25. The maximum Gasteiger partial charge on any atom is 0.509 e. The number of aliphatic hydroxyl groups excluding tert-OH is 1. The fourth-order valence-corrected chi connectivity index (χ4v) is 1.45. The zero-order valence-electron chi connectivity index (χ0n) is 6.43. The van der Waals surface area contributed by atoms with Gasteiger partial charge in [-0.25, -0.2) is 4.79 Å². The van der Waals surface area contributed by atoms with Crippen LogP contribution in [0.4, 0.5) is 4.79 Å². The first-order chi connectivity index (χ1) is 5.77. The number of rotatable bonds is 0. The summed E-state index contributed by atoms with van der Waals surface area (Å²) in [5, 5.41) is 9.30. The van der Waals surface area contributed by atoms with Gasteiger partial charge in [0.15, 0.2) is 12.4 Å². The third kappa shape index (κ3) is 1.25.